The molecule has 0 atom stereocenters. The highest BCUT2D eigenvalue weighted by Gasteiger charge is 2.16. The first kappa shape index (κ1) is 11.1. The summed E-state index contributed by atoms with van der Waals surface area (Å²) in [4.78, 5) is 8.51. The normalized spacial score (nSPS) is 15.2. The van der Waals surface area contributed by atoms with E-state index in [0.717, 1.165) is 24.2 Å². The van der Waals surface area contributed by atoms with Crippen LogP contribution in [0.1, 0.15) is 0 Å². The lowest BCUT2D eigenvalue weighted by Crippen LogP contribution is -2.51. The minimum absolute atomic E-state index is 0.240. The molecule has 1 fully saturated rings. The summed E-state index contributed by atoms with van der Waals surface area (Å²) in [5.74, 6) is 0.391. The van der Waals surface area contributed by atoms with E-state index in [4.69, 9.17) is 0 Å². The van der Waals surface area contributed by atoms with Crippen molar-refractivity contribution in [3.63, 3.8) is 0 Å². The Morgan fingerprint density at radius 2 is 1.72 bits per heavy atom. The molecule has 3 rings (SSSR count). The Morgan fingerprint density at radius 3 is 2.28 bits per heavy atom. The van der Waals surface area contributed by atoms with Gasteiger partial charge in [-0.2, -0.15) is 0 Å². The minimum atomic E-state index is -0.240. The molecule has 1 aliphatic rings. The first-order chi connectivity index (χ1) is 8.81. The van der Waals surface area contributed by atoms with Crippen molar-refractivity contribution >= 4 is 5.95 Å². The second-order valence-corrected chi connectivity index (χ2v) is 4.30. The highest BCUT2D eigenvalue weighted by atomic mass is 19.1. The van der Waals surface area contributed by atoms with Gasteiger partial charge in [-0.1, -0.05) is 12.1 Å². The second-order valence-electron chi connectivity index (χ2n) is 4.30. The number of hydrogen-bond donors (Lipinski definition) is 2. The third kappa shape index (κ3) is 2.31. The van der Waals surface area contributed by atoms with Crippen molar-refractivity contribution in [3.8, 4) is 11.1 Å². The second kappa shape index (κ2) is 4.70. The van der Waals surface area contributed by atoms with Gasteiger partial charge in [0, 0.05) is 31.0 Å². The maximum Gasteiger partial charge on any atom is 0.222 e. The fourth-order valence-electron chi connectivity index (χ4n) is 1.77. The number of rotatable bonds is 3. The molecule has 2 N–H and O–H groups in total. The van der Waals surface area contributed by atoms with Gasteiger partial charge in [-0.25, -0.2) is 14.4 Å². The standard InChI is InChI=1S/C13H13FN4/c14-11-3-1-9(2-4-11)10-5-16-13(17-6-10)18-12-7-15-8-12/h1-6,12,15H,7-8H2,(H,16,17,18). The number of anilines is 1. The molecule has 0 unspecified atom stereocenters. The number of nitrogens with zero attached hydrogens (tertiary/aromatic N) is 2. The molecular formula is C13H13FN4. The number of halogens is 1. The Morgan fingerprint density at radius 1 is 1.06 bits per heavy atom. The summed E-state index contributed by atoms with van der Waals surface area (Å²) in [5, 5.41) is 6.39. The SMILES string of the molecule is Fc1ccc(-c2cnc(NC3CNC3)nc2)cc1. The van der Waals surface area contributed by atoms with Crippen LogP contribution in [0.3, 0.4) is 0 Å². The van der Waals surface area contributed by atoms with E-state index < -0.39 is 0 Å². The summed E-state index contributed by atoms with van der Waals surface area (Å²) >= 11 is 0. The van der Waals surface area contributed by atoms with Crippen molar-refractivity contribution in [2.75, 3.05) is 18.4 Å². The fraction of sp³-hybridized carbons (Fsp3) is 0.231. The lowest BCUT2D eigenvalue weighted by molar-refractivity contribution is 0.470. The maximum absolute atomic E-state index is 12.8. The van der Waals surface area contributed by atoms with E-state index in [1.165, 1.54) is 12.1 Å². The van der Waals surface area contributed by atoms with E-state index in [1.807, 2.05) is 0 Å². The lowest BCUT2D eigenvalue weighted by atomic mass is 10.1. The highest BCUT2D eigenvalue weighted by molar-refractivity contribution is 5.61. The summed E-state index contributed by atoms with van der Waals surface area (Å²) < 4.78 is 12.8. The highest BCUT2D eigenvalue weighted by Crippen LogP contribution is 2.18. The van der Waals surface area contributed by atoms with Crippen LogP contribution in [0.25, 0.3) is 11.1 Å². The van der Waals surface area contributed by atoms with Crippen LogP contribution in [0.15, 0.2) is 36.7 Å². The smallest absolute Gasteiger partial charge is 0.222 e. The average molecular weight is 244 g/mol. The Balaban J connectivity index is 1.75. The van der Waals surface area contributed by atoms with E-state index >= 15 is 0 Å². The molecule has 0 radical (unpaired) electrons. The summed E-state index contributed by atoms with van der Waals surface area (Å²) in [6.45, 7) is 1.89. The number of nitrogens with one attached hydrogen (secondary N) is 2. The van der Waals surface area contributed by atoms with Gasteiger partial charge in [-0.05, 0) is 17.7 Å². The van der Waals surface area contributed by atoms with Gasteiger partial charge in [0.25, 0.3) is 0 Å². The zero-order valence-electron chi connectivity index (χ0n) is 9.73. The van der Waals surface area contributed by atoms with Crippen LogP contribution >= 0.6 is 0 Å². The third-order valence-corrected chi connectivity index (χ3v) is 2.94. The van der Waals surface area contributed by atoms with Crippen molar-refractivity contribution in [2.24, 2.45) is 0 Å². The van der Waals surface area contributed by atoms with Crippen LogP contribution < -0.4 is 10.6 Å². The van der Waals surface area contributed by atoms with Crippen molar-refractivity contribution in [1.29, 1.82) is 0 Å². The first-order valence-corrected chi connectivity index (χ1v) is 5.86. The molecule has 1 saturated heterocycles. The lowest BCUT2D eigenvalue weighted by Gasteiger charge is -2.27. The molecule has 0 bridgehead atoms. The molecule has 1 aromatic carbocycles. The first-order valence-electron chi connectivity index (χ1n) is 5.86. The van der Waals surface area contributed by atoms with Gasteiger partial charge in [0.05, 0.1) is 6.04 Å². The molecule has 18 heavy (non-hydrogen) atoms. The van der Waals surface area contributed by atoms with E-state index in [-0.39, 0.29) is 5.82 Å². The van der Waals surface area contributed by atoms with Gasteiger partial charge in [0.15, 0.2) is 0 Å². The predicted octanol–water partition coefficient (Wildman–Crippen LogP) is 1.67. The Labute approximate surface area is 104 Å². The van der Waals surface area contributed by atoms with E-state index in [9.17, 15) is 4.39 Å². The van der Waals surface area contributed by atoms with Crippen LogP contribution in [-0.4, -0.2) is 29.1 Å². The molecule has 92 valence electrons. The maximum atomic E-state index is 12.8. The molecule has 1 aliphatic heterocycles. The summed E-state index contributed by atoms with van der Waals surface area (Å²) in [7, 11) is 0. The molecule has 0 saturated carbocycles. The fourth-order valence-corrected chi connectivity index (χ4v) is 1.77. The van der Waals surface area contributed by atoms with Crippen molar-refractivity contribution in [1.82, 2.24) is 15.3 Å². The largest absolute Gasteiger partial charge is 0.349 e. The molecule has 1 aromatic heterocycles. The van der Waals surface area contributed by atoms with Crippen LogP contribution in [0.2, 0.25) is 0 Å². The quantitative estimate of drug-likeness (QED) is 0.862. The van der Waals surface area contributed by atoms with Crippen LogP contribution in [0.5, 0.6) is 0 Å². The molecule has 2 heterocycles. The summed E-state index contributed by atoms with van der Waals surface area (Å²) in [6, 6.07) is 6.72. The van der Waals surface area contributed by atoms with Gasteiger partial charge >= 0.3 is 0 Å². The predicted molar refractivity (Wildman–Crippen MR) is 67.7 cm³/mol. The molecule has 2 aromatic rings. The summed E-state index contributed by atoms with van der Waals surface area (Å²) in [5.41, 5.74) is 1.79. The molecule has 0 spiro atoms. The van der Waals surface area contributed by atoms with Gasteiger partial charge in [0.2, 0.25) is 5.95 Å². The van der Waals surface area contributed by atoms with Crippen molar-refractivity contribution in [3.05, 3.63) is 42.5 Å². The van der Waals surface area contributed by atoms with Gasteiger partial charge in [-0.3, -0.25) is 0 Å². The molecule has 5 heteroatoms. The molecular weight excluding hydrogens is 231 g/mol. The van der Waals surface area contributed by atoms with Crippen molar-refractivity contribution in [2.45, 2.75) is 6.04 Å². The van der Waals surface area contributed by atoms with Crippen LogP contribution in [0.4, 0.5) is 10.3 Å². The van der Waals surface area contributed by atoms with E-state index in [1.54, 1.807) is 24.5 Å². The Hall–Kier alpha value is -2.01. The minimum Gasteiger partial charge on any atom is -0.349 e. The van der Waals surface area contributed by atoms with E-state index in [0.29, 0.717) is 12.0 Å². The van der Waals surface area contributed by atoms with Gasteiger partial charge in [-0.15, -0.1) is 0 Å². The third-order valence-electron chi connectivity index (χ3n) is 2.94. The van der Waals surface area contributed by atoms with Crippen molar-refractivity contribution < 1.29 is 4.39 Å². The van der Waals surface area contributed by atoms with Gasteiger partial charge in [0.1, 0.15) is 5.82 Å². The monoisotopic (exact) mass is 244 g/mol. The average Bonchev–Trinajstić information content (AvgIpc) is 2.36. The zero-order chi connectivity index (χ0) is 12.4. The van der Waals surface area contributed by atoms with Crippen LogP contribution in [-0.2, 0) is 0 Å². The summed E-state index contributed by atoms with van der Waals surface area (Å²) in [6.07, 6.45) is 3.49. The molecule has 0 aliphatic carbocycles. The zero-order valence-corrected chi connectivity index (χ0v) is 9.73. The molecule has 4 nitrogen and oxygen atoms in total. The molecule has 0 amide bonds. The Bertz CT molecular complexity index is 520. The topological polar surface area (TPSA) is 49.8 Å². The number of benzene rings is 1. The Kier molecular flexibility index (Phi) is 2.90. The number of aromatic nitrogens is 2. The van der Waals surface area contributed by atoms with Crippen LogP contribution in [0, 0.1) is 5.82 Å². The van der Waals surface area contributed by atoms with Gasteiger partial charge < -0.3 is 10.6 Å². The van der Waals surface area contributed by atoms with E-state index in [2.05, 4.69) is 20.6 Å². The number of hydrogen-bond acceptors (Lipinski definition) is 4.